The minimum Gasteiger partial charge on any atom is -0.481 e. The molecule has 0 aromatic rings. The summed E-state index contributed by atoms with van der Waals surface area (Å²) in [7, 11) is 0. The Hall–Kier alpha value is -0.820. The van der Waals surface area contributed by atoms with Gasteiger partial charge in [-0.3, -0.25) is 4.79 Å². The fraction of sp³-hybridized carbons (Fsp3) is 0.875. The Morgan fingerprint density at radius 3 is 2.20 bits per heavy atom. The van der Waals surface area contributed by atoms with Crippen molar-refractivity contribution in [2.45, 2.75) is 32.2 Å². The van der Waals surface area contributed by atoms with Crippen molar-refractivity contribution >= 4 is 5.97 Å². The molecule has 3 atom stereocenters. The maximum Gasteiger partial charge on any atom is 0.415 e. The Bertz CT molecular complexity index is 220. The minimum absolute atomic E-state index is 0.639. The first-order chi connectivity index (χ1) is 6.66. The highest BCUT2D eigenvalue weighted by atomic mass is 19.4. The summed E-state index contributed by atoms with van der Waals surface area (Å²) in [6.45, 7) is 2.12. The summed E-state index contributed by atoms with van der Waals surface area (Å²) in [6, 6.07) is -0.639. The van der Waals surface area contributed by atoms with Crippen molar-refractivity contribution in [3.63, 3.8) is 0 Å². The third kappa shape index (κ3) is 4.98. The SMILES string of the molecule is CC(NCC(O)C(F)(F)F)C(C)C(=O)O. The van der Waals surface area contributed by atoms with E-state index < -0.39 is 36.8 Å². The lowest BCUT2D eigenvalue weighted by Gasteiger charge is -2.21. The van der Waals surface area contributed by atoms with Gasteiger partial charge < -0.3 is 15.5 Å². The summed E-state index contributed by atoms with van der Waals surface area (Å²) >= 11 is 0. The van der Waals surface area contributed by atoms with Gasteiger partial charge in [-0.05, 0) is 6.92 Å². The molecule has 0 rings (SSSR count). The number of hydrogen-bond donors (Lipinski definition) is 3. The van der Waals surface area contributed by atoms with Crippen LogP contribution in [0, 0.1) is 5.92 Å². The molecular weight excluding hydrogens is 215 g/mol. The number of carboxylic acid groups (broad SMARTS) is 1. The van der Waals surface area contributed by atoms with Gasteiger partial charge in [0.1, 0.15) is 0 Å². The van der Waals surface area contributed by atoms with Crippen molar-refractivity contribution in [1.29, 1.82) is 0 Å². The average molecular weight is 229 g/mol. The highest BCUT2D eigenvalue weighted by Crippen LogP contribution is 2.19. The van der Waals surface area contributed by atoms with Gasteiger partial charge >= 0.3 is 12.1 Å². The van der Waals surface area contributed by atoms with Gasteiger partial charge in [0, 0.05) is 12.6 Å². The van der Waals surface area contributed by atoms with Crippen LogP contribution in [0.4, 0.5) is 13.2 Å². The van der Waals surface area contributed by atoms with Gasteiger partial charge in [0.15, 0.2) is 6.10 Å². The van der Waals surface area contributed by atoms with Crippen LogP contribution < -0.4 is 5.32 Å². The molecule has 3 unspecified atom stereocenters. The quantitative estimate of drug-likeness (QED) is 0.646. The molecule has 0 saturated carbocycles. The molecule has 4 nitrogen and oxygen atoms in total. The first-order valence-corrected chi connectivity index (χ1v) is 4.37. The molecule has 3 N–H and O–H groups in total. The van der Waals surface area contributed by atoms with Gasteiger partial charge in [0.2, 0.25) is 0 Å². The standard InChI is InChI=1S/C8H14F3NO3/c1-4(7(14)15)5(2)12-3-6(13)8(9,10)11/h4-6,12-13H,3H2,1-2H3,(H,14,15). The smallest absolute Gasteiger partial charge is 0.415 e. The van der Waals surface area contributed by atoms with E-state index in [4.69, 9.17) is 10.2 Å². The Balaban J connectivity index is 4.01. The summed E-state index contributed by atoms with van der Waals surface area (Å²) in [6.07, 6.45) is -7.15. The van der Waals surface area contributed by atoms with Crippen LogP contribution in [-0.4, -0.2) is 41.0 Å². The third-order valence-corrected chi connectivity index (χ3v) is 2.15. The lowest BCUT2D eigenvalue weighted by Crippen LogP contribution is -2.44. The molecule has 0 aromatic heterocycles. The zero-order valence-electron chi connectivity index (χ0n) is 8.38. The molecule has 0 aliphatic heterocycles. The Labute approximate surface area is 85.1 Å². The van der Waals surface area contributed by atoms with Gasteiger partial charge in [0.05, 0.1) is 5.92 Å². The third-order valence-electron chi connectivity index (χ3n) is 2.15. The van der Waals surface area contributed by atoms with Crippen LogP contribution in [0.2, 0.25) is 0 Å². The predicted molar refractivity (Wildman–Crippen MR) is 46.3 cm³/mol. The number of aliphatic hydroxyl groups is 1. The van der Waals surface area contributed by atoms with Crippen molar-refractivity contribution < 1.29 is 28.2 Å². The summed E-state index contributed by atoms with van der Waals surface area (Å²) in [4.78, 5) is 10.5. The monoisotopic (exact) mass is 229 g/mol. The summed E-state index contributed by atoms with van der Waals surface area (Å²) in [5, 5.41) is 19.5. The number of nitrogens with one attached hydrogen (secondary N) is 1. The molecule has 0 saturated heterocycles. The normalized spacial score (nSPS) is 18.3. The van der Waals surface area contributed by atoms with E-state index >= 15 is 0 Å². The van der Waals surface area contributed by atoms with E-state index in [0.717, 1.165) is 0 Å². The lowest BCUT2D eigenvalue weighted by molar-refractivity contribution is -0.202. The second-order valence-corrected chi connectivity index (χ2v) is 3.38. The minimum atomic E-state index is -4.68. The molecule has 0 heterocycles. The molecule has 7 heteroatoms. The number of carboxylic acids is 1. The summed E-state index contributed by atoms with van der Waals surface area (Å²) in [5.41, 5.74) is 0. The van der Waals surface area contributed by atoms with Gasteiger partial charge in [-0.25, -0.2) is 0 Å². The second kappa shape index (κ2) is 5.32. The Kier molecular flexibility index (Phi) is 5.02. The van der Waals surface area contributed by atoms with Crippen molar-refractivity contribution in [3.8, 4) is 0 Å². The van der Waals surface area contributed by atoms with Crippen molar-refractivity contribution in [2.24, 2.45) is 5.92 Å². The van der Waals surface area contributed by atoms with E-state index in [-0.39, 0.29) is 0 Å². The maximum atomic E-state index is 11.9. The van der Waals surface area contributed by atoms with Crippen LogP contribution in [0.3, 0.4) is 0 Å². The predicted octanol–water partition coefficient (Wildman–Crippen LogP) is 0.608. The largest absolute Gasteiger partial charge is 0.481 e. The number of aliphatic carboxylic acids is 1. The first kappa shape index (κ1) is 14.2. The number of hydrogen-bond acceptors (Lipinski definition) is 3. The van der Waals surface area contributed by atoms with Gasteiger partial charge in [-0.2, -0.15) is 13.2 Å². The van der Waals surface area contributed by atoms with Gasteiger partial charge in [0.25, 0.3) is 0 Å². The zero-order chi connectivity index (χ0) is 12.2. The van der Waals surface area contributed by atoms with Gasteiger partial charge in [-0.15, -0.1) is 0 Å². The number of halogens is 3. The van der Waals surface area contributed by atoms with Gasteiger partial charge in [-0.1, -0.05) is 6.92 Å². The average Bonchev–Trinajstić information content (AvgIpc) is 2.10. The molecule has 0 amide bonds. The molecule has 90 valence electrons. The molecule has 15 heavy (non-hydrogen) atoms. The van der Waals surface area contributed by atoms with E-state index in [9.17, 15) is 18.0 Å². The number of rotatable bonds is 5. The second-order valence-electron chi connectivity index (χ2n) is 3.38. The molecule has 0 radical (unpaired) electrons. The highest BCUT2D eigenvalue weighted by Gasteiger charge is 2.38. The van der Waals surface area contributed by atoms with Crippen molar-refractivity contribution in [2.75, 3.05) is 6.54 Å². The number of carbonyl (C=O) groups is 1. The van der Waals surface area contributed by atoms with E-state index in [1.165, 1.54) is 13.8 Å². The molecule has 0 aromatic carbocycles. The van der Waals surface area contributed by atoms with Crippen LogP contribution in [0.1, 0.15) is 13.8 Å². The van der Waals surface area contributed by atoms with Crippen LogP contribution in [0.5, 0.6) is 0 Å². The van der Waals surface area contributed by atoms with Crippen molar-refractivity contribution in [1.82, 2.24) is 5.32 Å². The molecule has 0 aliphatic rings. The highest BCUT2D eigenvalue weighted by molar-refractivity contribution is 5.70. The topological polar surface area (TPSA) is 69.6 Å². The number of aliphatic hydroxyl groups excluding tert-OH is 1. The molecular formula is C8H14F3NO3. The van der Waals surface area contributed by atoms with E-state index in [1.54, 1.807) is 0 Å². The van der Waals surface area contributed by atoms with Crippen LogP contribution in [-0.2, 0) is 4.79 Å². The van der Waals surface area contributed by atoms with E-state index in [0.29, 0.717) is 0 Å². The summed E-state index contributed by atoms with van der Waals surface area (Å²) in [5.74, 6) is -1.91. The fourth-order valence-electron chi connectivity index (χ4n) is 0.804. The van der Waals surface area contributed by atoms with Crippen LogP contribution >= 0.6 is 0 Å². The molecule has 0 fully saturated rings. The zero-order valence-corrected chi connectivity index (χ0v) is 8.38. The van der Waals surface area contributed by atoms with Crippen molar-refractivity contribution in [3.05, 3.63) is 0 Å². The lowest BCUT2D eigenvalue weighted by atomic mass is 10.0. The molecule has 0 spiro atoms. The van der Waals surface area contributed by atoms with Crippen LogP contribution in [0.25, 0.3) is 0 Å². The summed E-state index contributed by atoms with van der Waals surface area (Å²) < 4.78 is 35.6. The van der Waals surface area contributed by atoms with E-state index in [1.807, 2.05) is 0 Å². The number of alkyl halides is 3. The van der Waals surface area contributed by atoms with Crippen LogP contribution in [0.15, 0.2) is 0 Å². The molecule has 0 bridgehead atoms. The Morgan fingerprint density at radius 2 is 1.87 bits per heavy atom. The maximum absolute atomic E-state index is 11.9. The Morgan fingerprint density at radius 1 is 1.40 bits per heavy atom. The fourth-order valence-corrected chi connectivity index (χ4v) is 0.804. The van der Waals surface area contributed by atoms with E-state index in [2.05, 4.69) is 5.32 Å². The molecule has 0 aliphatic carbocycles. The first-order valence-electron chi connectivity index (χ1n) is 4.37.